The number of rotatable bonds is 4. The molecule has 0 amide bonds. The summed E-state index contributed by atoms with van der Waals surface area (Å²) in [5, 5.41) is 3.98. The summed E-state index contributed by atoms with van der Waals surface area (Å²) in [6.45, 7) is 0.754. The van der Waals surface area contributed by atoms with Crippen molar-refractivity contribution in [1.29, 1.82) is 0 Å². The molecule has 0 bridgehead atoms. The highest BCUT2D eigenvalue weighted by atomic mass is 16.1. The second kappa shape index (κ2) is 5.40. The number of ketones is 1. The van der Waals surface area contributed by atoms with Gasteiger partial charge in [-0.15, -0.1) is 0 Å². The highest BCUT2D eigenvalue weighted by molar-refractivity contribution is 5.82. The lowest BCUT2D eigenvalue weighted by Crippen LogP contribution is -2.27. The van der Waals surface area contributed by atoms with Crippen LogP contribution < -0.4 is 5.73 Å². The molecule has 0 unspecified atom stereocenters. The molecule has 1 aromatic rings. The second-order valence-electron chi connectivity index (χ2n) is 4.90. The van der Waals surface area contributed by atoms with Crippen molar-refractivity contribution in [2.45, 2.75) is 32.1 Å². The molecular formula is C12H20N4O. The van der Waals surface area contributed by atoms with Gasteiger partial charge in [-0.05, 0) is 38.1 Å². The molecule has 17 heavy (non-hydrogen) atoms. The second-order valence-corrected chi connectivity index (χ2v) is 4.90. The van der Waals surface area contributed by atoms with Crippen molar-refractivity contribution < 1.29 is 4.79 Å². The van der Waals surface area contributed by atoms with Gasteiger partial charge >= 0.3 is 0 Å². The molecule has 1 fully saturated rings. The Kier molecular flexibility index (Phi) is 3.89. The first-order chi connectivity index (χ1) is 8.20. The zero-order valence-electron chi connectivity index (χ0n) is 10.3. The first-order valence-corrected chi connectivity index (χ1v) is 6.26. The van der Waals surface area contributed by atoms with Crippen LogP contribution in [0.1, 0.15) is 31.5 Å². The molecule has 2 N–H and O–H groups in total. The number of nitrogens with two attached hydrogens (primary N) is 1. The van der Waals surface area contributed by atoms with Gasteiger partial charge in [-0.3, -0.25) is 9.48 Å². The Hall–Kier alpha value is -1.23. The molecule has 0 saturated heterocycles. The van der Waals surface area contributed by atoms with Crippen LogP contribution in [0.4, 0.5) is 0 Å². The Balaban J connectivity index is 1.87. The summed E-state index contributed by atoms with van der Waals surface area (Å²) >= 11 is 0. The highest BCUT2D eigenvalue weighted by Gasteiger charge is 2.26. The van der Waals surface area contributed by atoms with E-state index in [1.165, 1.54) is 6.33 Å². The van der Waals surface area contributed by atoms with Crippen LogP contribution in [0.5, 0.6) is 0 Å². The van der Waals surface area contributed by atoms with Gasteiger partial charge in [0.1, 0.15) is 17.9 Å². The van der Waals surface area contributed by atoms with E-state index in [2.05, 4.69) is 10.1 Å². The van der Waals surface area contributed by atoms with Crippen molar-refractivity contribution in [3.05, 3.63) is 12.2 Å². The third-order valence-corrected chi connectivity index (χ3v) is 3.77. The van der Waals surface area contributed by atoms with Gasteiger partial charge in [-0.2, -0.15) is 5.10 Å². The first kappa shape index (κ1) is 12.2. The molecule has 0 spiro atoms. The fourth-order valence-electron chi connectivity index (χ4n) is 2.50. The van der Waals surface area contributed by atoms with Crippen LogP contribution in [0, 0.1) is 11.8 Å². The maximum atomic E-state index is 12.1. The zero-order valence-corrected chi connectivity index (χ0v) is 10.3. The number of Topliss-reactive ketones (excluding diaryl/α,β-unsaturated/α-hetero) is 1. The van der Waals surface area contributed by atoms with Gasteiger partial charge in [-0.1, -0.05) is 0 Å². The average molecular weight is 236 g/mol. The summed E-state index contributed by atoms with van der Waals surface area (Å²) in [6, 6.07) is 0. The van der Waals surface area contributed by atoms with Crippen LogP contribution >= 0.6 is 0 Å². The van der Waals surface area contributed by atoms with Gasteiger partial charge in [-0.25, -0.2) is 4.98 Å². The molecule has 1 saturated carbocycles. The zero-order chi connectivity index (χ0) is 12.3. The van der Waals surface area contributed by atoms with Crippen molar-refractivity contribution in [1.82, 2.24) is 14.8 Å². The Morgan fingerprint density at radius 3 is 2.71 bits per heavy atom. The Labute approximate surface area is 101 Å². The van der Waals surface area contributed by atoms with Gasteiger partial charge in [0.2, 0.25) is 0 Å². The van der Waals surface area contributed by atoms with Crippen LogP contribution in [0.3, 0.4) is 0 Å². The Morgan fingerprint density at radius 1 is 1.47 bits per heavy atom. The fraction of sp³-hybridized carbons (Fsp3) is 0.750. The predicted molar refractivity (Wildman–Crippen MR) is 64.2 cm³/mol. The lowest BCUT2D eigenvalue weighted by Gasteiger charge is -2.26. The molecule has 5 nitrogen and oxygen atoms in total. The minimum absolute atomic E-state index is 0.203. The highest BCUT2D eigenvalue weighted by Crippen LogP contribution is 2.29. The van der Waals surface area contributed by atoms with Crippen LogP contribution in [0.2, 0.25) is 0 Å². The lowest BCUT2D eigenvalue weighted by molar-refractivity contribution is -0.123. The normalized spacial score (nSPS) is 24.8. The van der Waals surface area contributed by atoms with Gasteiger partial charge in [0, 0.05) is 13.0 Å². The minimum atomic E-state index is 0.203. The SMILES string of the molecule is Cn1ncnc1CC(=O)C1CCC(CN)CC1. The van der Waals surface area contributed by atoms with E-state index in [9.17, 15) is 4.79 Å². The summed E-state index contributed by atoms with van der Waals surface area (Å²) in [5.74, 6) is 1.89. The molecule has 1 aliphatic carbocycles. The van der Waals surface area contributed by atoms with Crippen molar-refractivity contribution in [3.63, 3.8) is 0 Å². The monoisotopic (exact) mass is 236 g/mol. The largest absolute Gasteiger partial charge is 0.330 e. The topological polar surface area (TPSA) is 73.8 Å². The van der Waals surface area contributed by atoms with Crippen molar-refractivity contribution >= 4 is 5.78 Å². The maximum absolute atomic E-state index is 12.1. The molecule has 2 rings (SSSR count). The van der Waals surface area contributed by atoms with E-state index in [4.69, 9.17) is 5.73 Å². The first-order valence-electron chi connectivity index (χ1n) is 6.26. The van der Waals surface area contributed by atoms with Crippen LogP contribution in [-0.2, 0) is 18.3 Å². The number of aryl methyl sites for hydroxylation is 1. The molecule has 1 aliphatic rings. The molecule has 0 radical (unpaired) electrons. The van der Waals surface area contributed by atoms with Crippen LogP contribution in [-0.4, -0.2) is 27.1 Å². The molecule has 0 atom stereocenters. The van der Waals surface area contributed by atoms with E-state index in [-0.39, 0.29) is 5.92 Å². The van der Waals surface area contributed by atoms with Crippen LogP contribution in [0.15, 0.2) is 6.33 Å². The van der Waals surface area contributed by atoms with Gasteiger partial charge in [0.25, 0.3) is 0 Å². The number of hydrogen-bond acceptors (Lipinski definition) is 4. The van der Waals surface area contributed by atoms with E-state index in [1.54, 1.807) is 4.68 Å². The van der Waals surface area contributed by atoms with Crippen molar-refractivity contribution in [3.8, 4) is 0 Å². The third kappa shape index (κ3) is 2.91. The molecule has 0 aromatic carbocycles. The summed E-state index contributed by atoms with van der Waals surface area (Å²) in [6.07, 6.45) is 6.05. The minimum Gasteiger partial charge on any atom is -0.330 e. The van der Waals surface area contributed by atoms with Crippen LogP contribution in [0.25, 0.3) is 0 Å². The Bertz CT molecular complexity index is 380. The standard InChI is InChI=1S/C12H20N4O/c1-16-12(14-8-15-16)6-11(17)10-4-2-9(7-13)3-5-10/h8-10H,2-7,13H2,1H3. The molecule has 5 heteroatoms. The number of hydrogen-bond donors (Lipinski definition) is 1. The summed E-state index contributed by atoms with van der Waals surface area (Å²) in [5.41, 5.74) is 5.65. The number of carbonyl (C=O) groups is 1. The number of aromatic nitrogens is 3. The molecule has 94 valence electrons. The quantitative estimate of drug-likeness (QED) is 0.834. The van der Waals surface area contributed by atoms with E-state index in [0.29, 0.717) is 18.1 Å². The number of nitrogens with zero attached hydrogens (tertiary/aromatic N) is 3. The van der Waals surface area contributed by atoms with Gasteiger partial charge < -0.3 is 5.73 Å². The summed E-state index contributed by atoms with van der Waals surface area (Å²) in [7, 11) is 1.82. The summed E-state index contributed by atoms with van der Waals surface area (Å²) < 4.78 is 1.67. The lowest BCUT2D eigenvalue weighted by atomic mass is 9.79. The van der Waals surface area contributed by atoms with Crippen molar-refractivity contribution in [2.24, 2.45) is 24.6 Å². The van der Waals surface area contributed by atoms with Crippen molar-refractivity contribution in [2.75, 3.05) is 6.54 Å². The fourth-order valence-corrected chi connectivity index (χ4v) is 2.50. The molecular weight excluding hydrogens is 216 g/mol. The van der Waals surface area contributed by atoms with E-state index < -0.39 is 0 Å². The predicted octanol–water partition coefficient (Wildman–Crippen LogP) is 0.692. The molecule has 1 heterocycles. The molecule has 0 aliphatic heterocycles. The number of carbonyl (C=O) groups excluding carboxylic acids is 1. The Morgan fingerprint density at radius 2 is 2.18 bits per heavy atom. The van der Waals surface area contributed by atoms with Gasteiger partial charge in [0.15, 0.2) is 0 Å². The average Bonchev–Trinajstić information content (AvgIpc) is 2.75. The van der Waals surface area contributed by atoms with E-state index in [0.717, 1.165) is 38.1 Å². The maximum Gasteiger partial charge on any atom is 0.143 e. The summed E-state index contributed by atoms with van der Waals surface area (Å²) in [4.78, 5) is 16.2. The third-order valence-electron chi connectivity index (χ3n) is 3.77. The van der Waals surface area contributed by atoms with E-state index >= 15 is 0 Å². The van der Waals surface area contributed by atoms with Gasteiger partial charge in [0.05, 0.1) is 6.42 Å². The van der Waals surface area contributed by atoms with E-state index in [1.807, 2.05) is 7.05 Å². The smallest absolute Gasteiger partial charge is 0.143 e. The molecule has 1 aromatic heterocycles.